The number of ether oxygens (including phenoxy) is 2. The van der Waals surface area contributed by atoms with Gasteiger partial charge in [0.25, 0.3) is 0 Å². The van der Waals surface area contributed by atoms with E-state index in [-0.39, 0.29) is 30.2 Å². The van der Waals surface area contributed by atoms with Gasteiger partial charge >= 0.3 is 12.1 Å². The second-order valence-electron chi connectivity index (χ2n) is 12.1. The number of nitrogens with zero attached hydrogens (tertiary/aromatic N) is 1. The van der Waals surface area contributed by atoms with Crippen molar-refractivity contribution in [3.63, 3.8) is 0 Å². The van der Waals surface area contributed by atoms with Crippen LogP contribution in [-0.2, 0) is 28.7 Å². The maximum absolute atomic E-state index is 13.5. The smallest absolute Gasteiger partial charge is 0.407 e. The zero-order chi connectivity index (χ0) is 32.7. The Morgan fingerprint density at radius 1 is 0.956 bits per heavy atom. The molecule has 2 atom stereocenters. The van der Waals surface area contributed by atoms with Gasteiger partial charge in [-0.2, -0.15) is 15.7 Å². The van der Waals surface area contributed by atoms with Crippen LogP contribution in [0.2, 0.25) is 0 Å². The fourth-order valence-corrected chi connectivity index (χ4v) is 7.71. The number of alkyl carbamates (subject to hydrolysis) is 1. The maximum atomic E-state index is 13.5. The summed E-state index contributed by atoms with van der Waals surface area (Å²) in [6, 6.07) is 15.5. The second-order valence-corrected chi connectivity index (χ2v) is 14.3. The molecule has 11 heteroatoms. The molecule has 2 amide bonds. The van der Waals surface area contributed by atoms with E-state index in [9.17, 15) is 29.2 Å². The number of carbonyl (C=O) groups is 5. The van der Waals surface area contributed by atoms with Gasteiger partial charge in [0.05, 0.1) is 6.04 Å². The molecule has 1 heterocycles. The number of amides is 2. The highest BCUT2D eigenvalue weighted by Crippen LogP contribution is 2.44. The zero-order valence-corrected chi connectivity index (χ0v) is 26.8. The first-order chi connectivity index (χ1) is 21.4. The molecule has 45 heavy (non-hydrogen) atoms. The molecule has 2 N–H and O–H groups in total. The van der Waals surface area contributed by atoms with Crippen molar-refractivity contribution < 1.29 is 33.4 Å². The Morgan fingerprint density at radius 2 is 1.53 bits per heavy atom. The molecule has 0 spiro atoms. The lowest BCUT2D eigenvalue weighted by Gasteiger charge is -2.22. The third-order valence-electron chi connectivity index (χ3n) is 7.64. The van der Waals surface area contributed by atoms with Gasteiger partial charge in [-0.3, -0.25) is 14.4 Å². The van der Waals surface area contributed by atoms with E-state index in [0.29, 0.717) is 11.5 Å². The lowest BCUT2D eigenvalue weighted by atomic mass is 9.98. The summed E-state index contributed by atoms with van der Waals surface area (Å²) in [6.45, 7) is 6.40. The molecule has 0 aromatic heterocycles. The molecule has 1 aliphatic heterocycles. The molecule has 1 aliphatic carbocycles. The van der Waals surface area contributed by atoms with E-state index in [1.54, 1.807) is 20.8 Å². The Bertz CT molecular complexity index is 1520. The Labute approximate surface area is 265 Å². The summed E-state index contributed by atoms with van der Waals surface area (Å²) in [5.74, 6) is -1.89. The van der Waals surface area contributed by atoms with Gasteiger partial charge in [-0.05, 0) is 80.7 Å². The molecule has 10 nitrogen and oxygen atoms in total. The average Bonchev–Trinajstić information content (AvgIpc) is 3.64. The molecule has 0 saturated carbocycles. The van der Waals surface area contributed by atoms with E-state index in [4.69, 9.17) is 9.47 Å². The van der Waals surface area contributed by atoms with E-state index in [1.807, 2.05) is 54.6 Å². The predicted octanol–water partition coefficient (Wildman–Crippen LogP) is 4.42. The summed E-state index contributed by atoms with van der Waals surface area (Å²) in [5.41, 5.74) is 3.39. The minimum absolute atomic E-state index is 0.0604. The first-order valence-electron chi connectivity index (χ1n) is 15.1. The van der Waals surface area contributed by atoms with Gasteiger partial charge in [0, 0.05) is 12.3 Å². The van der Waals surface area contributed by atoms with Crippen LogP contribution >= 0.6 is 10.5 Å². The van der Waals surface area contributed by atoms with E-state index >= 15 is 0 Å². The molecule has 0 bridgehead atoms. The maximum Gasteiger partial charge on any atom is 0.407 e. The number of esters is 1. The van der Waals surface area contributed by atoms with E-state index < -0.39 is 57.7 Å². The molecule has 1 fully saturated rings. The number of benzene rings is 2. The lowest BCUT2D eigenvalue weighted by Crippen LogP contribution is -2.51. The number of nitriles is 1. The van der Waals surface area contributed by atoms with E-state index in [0.717, 1.165) is 35.1 Å². The molecule has 238 valence electrons. The summed E-state index contributed by atoms with van der Waals surface area (Å²) in [4.78, 5) is 64.2. The van der Waals surface area contributed by atoms with Gasteiger partial charge in [-0.15, -0.1) is 0 Å². The second kappa shape index (κ2) is 14.7. The molecule has 0 unspecified atom stereocenters. The number of hydrogen-bond donors (Lipinski definition) is 2. The highest BCUT2D eigenvalue weighted by atomic mass is 32.2. The van der Waals surface area contributed by atoms with Gasteiger partial charge in [0.1, 0.15) is 29.2 Å². The third-order valence-corrected chi connectivity index (χ3v) is 10.1. The highest BCUT2D eigenvalue weighted by Gasteiger charge is 2.32. The van der Waals surface area contributed by atoms with Crippen LogP contribution in [0.1, 0.15) is 70.4 Å². The van der Waals surface area contributed by atoms with Crippen LogP contribution in [0.4, 0.5) is 4.79 Å². The average molecular weight is 634 g/mol. The zero-order valence-electron chi connectivity index (χ0n) is 26.0. The Hall–Kier alpha value is -4.30. The van der Waals surface area contributed by atoms with Crippen molar-refractivity contribution in [1.82, 2.24) is 10.6 Å². The number of carbonyl (C=O) groups excluding carboxylic acids is 5. The molecule has 2 aromatic rings. The van der Waals surface area contributed by atoms with Crippen LogP contribution in [0.5, 0.6) is 0 Å². The highest BCUT2D eigenvalue weighted by molar-refractivity contribution is 8.17. The van der Waals surface area contributed by atoms with Gasteiger partial charge < -0.3 is 20.1 Å². The predicted molar refractivity (Wildman–Crippen MR) is 172 cm³/mol. The number of Topliss-reactive ketones (excluding diaryl/α,β-unsaturated/α-hetero) is 2. The molecular formula is C34H39N3O7S. The normalized spacial score (nSPS) is 15.5. The van der Waals surface area contributed by atoms with Crippen LogP contribution in [0.25, 0.3) is 11.1 Å². The van der Waals surface area contributed by atoms with E-state index in [1.165, 1.54) is 6.92 Å². The third kappa shape index (κ3) is 8.45. The lowest BCUT2D eigenvalue weighted by molar-refractivity contribution is -0.162. The van der Waals surface area contributed by atoms with Crippen LogP contribution in [0, 0.1) is 11.3 Å². The van der Waals surface area contributed by atoms with Crippen molar-refractivity contribution >= 4 is 44.9 Å². The largest absolute Gasteiger partial charge is 0.454 e. The number of fused-ring (bicyclic) bond motifs is 3. The summed E-state index contributed by atoms with van der Waals surface area (Å²) < 4.78 is 10.7. The van der Waals surface area contributed by atoms with E-state index in [2.05, 4.69) is 10.6 Å². The van der Waals surface area contributed by atoms with Gasteiger partial charge in [0.2, 0.25) is 17.5 Å². The Morgan fingerprint density at radius 3 is 2.09 bits per heavy atom. The fourth-order valence-electron chi connectivity index (χ4n) is 5.44. The topological polar surface area (TPSA) is 152 Å². The molecule has 4 rings (SSSR count). The first kappa shape index (κ1) is 33.6. The quantitative estimate of drug-likeness (QED) is 0.210. The SMILES string of the molecule is C[C@@H](NC(=O)OCC1c2ccccc2-c2ccccc21)C(=O)N[C@@H](CCC(=O)C(=O)OC(C)(C)C)C(=O)C(C#N)=S1CCCC1. The van der Waals surface area contributed by atoms with Gasteiger partial charge in [-0.25, -0.2) is 9.59 Å². The minimum atomic E-state index is -1.24. The summed E-state index contributed by atoms with van der Waals surface area (Å²) in [7, 11) is -0.534. The number of nitrogens with one attached hydrogen (secondary N) is 2. The number of hydrogen-bond acceptors (Lipinski definition) is 8. The van der Waals surface area contributed by atoms with Crippen LogP contribution in [-0.4, -0.2) is 70.2 Å². The molecule has 2 aliphatic rings. The molecular weight excluding hydrogens is 594 g/mol. The van der Waals surface area contributed by atoms with Crippen molar-refractivity contribution in [2.24, 2.45) is 0 Å². The van der Waals surface area contributed by atoms with Crippen molar-refractivity contribution in [1.29, 1.82) is 5.26 Å². The summed E-state index contributed by atoms with van der Waals surface area (Å²) >= 11 is 0. The summed E-state index contributed by atoms with van der Waals surface area (Å²) in [6.07, 6.45) is 0.419. The van der Waals surface area contributed by atoms with Gasteiger partial charge in [-0.1, -0.05) is 48.5 Å². The van der Waals surface area contributed by atoms with Crippen molar-refractivity contribution in [2.45, 2.75) is 77.0 Å². The van der Waals surface area contributed by atoms with Crippen LogP contribution in [0.3, 0.4) is 0 Å². The van der Waals surface area contributed by atoms with Crippen molar-refractivity contribution in [3.05, 3.63) is 59.7 Å². The van der Waals surface area contributed by atoms with Crippen LogP contribution in [0.15, 0.2) is 48.5 Å². The molecule has 2 aromatic carbocycles. The minimum Gasteiger partial charge on any atom is -0.454 e. The Balaban J connectivity index is 1.40. The van der Waals surface area contributed by atoms with Gasteiger partial charge in [0.15, 0.2) is 0 Å². The van der Waals surface area contributed by atoms with Crippen molar-refractivity contribution in [3.8, 4) is 17.2 Å². The standard InChI is InChI=1S/C34H39N3O7S/c1-21(36-33(42)43-20-26-24-13-7-5-11-22(24)23-12-6-8-14-25(23)26)31(40)37-27(15-16-28(38)32(41)44-34(2,3)4)30(39)29(19-35)45-17-9-10-18-45/h5-8,11-14,21,26-27H,9-10,15-18,20H2,1-4H3,(H,36,42)(H,37,40)/t21-,27+/m1/s1. The number of rotatable bonds is 11. The number of ketones is 2. The fraction of sp³-hybridized carbons (Fsp3) is 0.441. The summed E-state index contributed by atoms with van der Waals surface area (Å²) in [5, 5.41) is 14.9. The van der Waals surface area contributed by atoms with Crippen molar-refractivity contribution in [2.75, 3.05) is 18.1 Å². The molecule has 0 radical (unpaired) electrons. The molecule has 1 saturated heterocycles. The monoisotopic (exact) mass is 633 g/mol. The first-order valence-corrected chi connectivity index (χ1v) is 16.6. The van der Waals surface area contributed by atoms with Crippen LogP contribution < -0.4 is 10.6 Å². The Kier molecular flexibility index (Phi) is 10.9.